The topological polar surface area (TPSA) is 26.3 Å². The number of Topliss-reactive ketones (excluding diaryl/α,β-unsaturated/α-hetero) is 1. The number of halogens is 3. The Morgan fingerprint density at radius 3 is 2.45 bits per heavy atom. The van der Waals surface area contributed by atoms with E-state index in [1.807, 2.05) is 0 Å². The molecule has 0 radical (unpaired) electrons. The Morgan fingerprint density at radius 2 is 1.85 bits per heavy atom. The van der Waals surface area contributed by atoms with Gasteiger partial charge in [0, 0.05) is 5.02 Å². The van der Waals surface area contributed by atoms with Crippen LogP contribution in [0.3, 0.4) is 0 Å². The number of carbonyl (C=O) groups excluding carboxylic acids is 1. The van der Waals surface area contributed by atoms with Gasteiger partial charge in [0.2, 0.25) is 5.78 Å². The minimum atomic E-state index is -0.897. The number of hydrogen-bond donors (Lipinski definition) is 0. The number of aryl methyl sites for hydroxylation is 1. The number of carbonyl (C=O) groups is 1. The highest BCUT2D eigenvalue weighted by molar-refractivity contribution is 6.31. The van der Waals surface area contributed by atoms with E-state index in [0.29, 0.717) is 10.8 Å². The van der Waals surface area contributed by atoms with E-state index in [-0.39, 0.29) is 0 Å². The zero-order chi connectivity index (χ0) is 14.7. The third-order valence-corrected chi connectivity index (χ3v) is 3.17. The molecule has 0 N–H and O–H groups in total. The summed E-state index contributed by atoms with van der Waals surface area (Å²) in [5.41, 5.74) is 0.201. The van der Waals surface area contributed by atoms with Crippen molar-refractivity contribution in [1.82, 2.24) is 0 Å². The summed E-state index contributed by atoms with van der Waals surface area (Å²) in [6.45, 7) is 1.34. The summed E-state index contributed by atoms with van der Waals surface area (Å²) in [7, 11) is 0. The first-order chi connectivity index (χ1) is 9.49. The van der Waals surface area contributed by atoms with Crippen molar-refractivity contribution in [3.63, 3.8) is 0 Å². The van der Waals surface area contributed by atoms with Gasteiger partial charge < -0.3 is 4.74 Å². The Hall–Kier alpha value is -1.94. The smallest absolute Gasteiger partial charge is 0.206 e. The molecule has 0 aliphatic rings. The monoisotopic (exact) mass is 296 g/mol. The fourth-order valence-electron chi connectivity index (χ4n) is 1.69. The van der Waals surface area contributed by atoms with Crippen LogP contribution in [0.15, 0.2) is 36.4 Å². The molecule has 0 unspecified atom stereocenters. The van der Waals surface area contributed by atoms with Crippen molar-refractivity contribution in [2.24, 2.45) is 0 Å². The first-order valence-corrected chi connectivity index (χ1v) is 6.23. The summed E-state index contributed by atoms with van der Waals surface area (Å²) in [5, 5.41) is 0.573. The van der Waals surface area contributed by atoms with Crippen LogP contribution in [0, 0.1) is 18.6 Å². The molecule has 0 aliphatic carbocycles. The van der Waals surface area contributed by atoms with Crippen LogP contribution < -0.4 is 4.74 Å². The second-order valence-electron chi connectivity index (χ2n) is 4.22. The molecule has 104 valence electrons. The molecule has 0 amide bonds. The standard InChI is InChI=1S/C15H11ClF2O2/c1-9-7-10(5-6-11(9)16)20-8-14(19)15-12(17)3-2-4-13(15)18/h2-7H,8H2,1H3. The van der Waals surface area contributed by atoms with Crippen molar-refractivity contribution >= 4 is 17.4 Å². The van der Waals surface area contributed by atoms with E-state index in [1.165, 1.54) is 6.07 Å². The van der Waals surface area contributed by atoms with E-state index in [2.05, 4.69) is 0 Å². The van der Waals surface area contributed by atoms with Crippen molar-refractivity contribution in [3.8, 4) is 5.75 Å². The highest BCUT2D eigenvalue weighted by Crippen LogP contribution is 2.21. The van der Waals surface area contributed by atoms with Gasteiger partial charge in [0.15, 0.2) is 6.61 Å². The Morgan fingerprint density at radius 1 is 1.20 bits per heavy atom. The average molecular weight is 297 g/mol. The van der Waals surface area contributed by atoms with Gasteiger partial charge in [-0.3, -0.25) is 4.79 Å². The summed E-state index contributed by atoms with van der Waals surface area (Å²) in [6.07, 6.45) is 0. The van der Waals surface area contributed by atoms with Crippen LogP contribution in [-0.4, -0.2) is 12.4 Å². The molecule has 2 aromatic rings. The van der Waals surface area contributed by atoms with Crippen LogP contribution >= 0.6 is 11.6 Å². The molecule has 0 fully saturated rings. The highest BCUT2D eigenvalue weighted by atomic mass is 35.5. The van der Waals surface area contributed by atoms with Gasteiger partial charge >= 0.3 is 0 Å². The predicted octanol–water partition coefficient (Wildman–Crippen LogP) is 4.19. The lowest BCUT2D eigenvalue weighted by Gasteiger charge is -2.08. The Bertz CT molecular complexity index is 636. The molecule has 2 rings (SSSR count). The van der Waals surface area contributed by atoms with Gasteiger partial charge in [-0.1, -0.05) is 17.7 Å². The quantitative estimate of drug-likeness (QED) is 0.791. The number of ketones is 1. The molecule has 5 heteroatoms. The third-order valence-electron chi connectivity index (χ3n) is 2.74. The number of hydrogen-bond acceptors (Lipinski definition) is 2. The van der Waals surface area contributed by atoms with E-state index in [4.69, 9.17) is 16.3 Å². The molecular formula is C15H11ClF2O2. The molecule has 0 saturated carbocycles. The molecule has 0 aliphatic heterocycles. The van der Waals surface area contributed by atoms with Crippen molar-refractivity contribution in [1.29, 1.82) is 0 Å². The molecule has 0 saturated heterocycles. The zero-order valence-corrected chi connectivity index (χ0v) is 11.4. The van der Waals surface area contributed by atoms with Crippen LogP contribution in [-0.2, 0) is 0 Å². The normalized spacial score (nSPS) is 10.4. The SMILES string of the molecule is Cc1cc(OCC(=O)c2c(F)cccc2F)ccc1Cl. The summed E-state index contributed by atoms with van der Waals surface area (Å²) in [6, 6.07) is 8.12. The lowest BCUT2D eigenvalue weighted by molar-refractivity contribution is 0.0913. The van der Waals surface area contributed by atoms with Crippen molar-refractivity contribution in [2.45, 2.75) is 6.92 Å². The molecule has 2 nitrogen and oxygen atoms in total. The minimum absolute atomic E-state index is 0.414. The molecular weight excluding hydrogens is 286 g/mol. The molecule has 0 bridgehead atoms. The lowest BCUT2D eigenvalue weighted by atomic mass is 10.1. The number of benzene rings is 2. The fourth-order valence-corrected chi connectivity index (χ4v) is 1.81. The molecule has 0 heterocycles. The second-order valence-corrected chi connectivity index (χ2v) is 4.63. The fraction of sp³-hybridized carbons (Fsp3) is 0.133. The van der Waals surface area contributed by atoms with Crippen LogP contribution in [0.5, 0.6) is 5.75 Å². The van der Waals surface area contributed by atoms with Crippen molar-refractivity contribution < 1.29 is 18.3 Å². The molecule has 2 aromatic carbocycles. The maximum absolute atomic E-state index is 13.4. The summed E-state index contributed by atoms with van der Waals surface area (Å²) >= 11 is 5.86. The molecule has 20 heavy (non-hydrogen) atoms. The van der Waals surface area contributed by atoms with Crippen LogP contribution in [0.4, 0.5) is 8.78 Å². The number of ether oxygens (including phenoxy) is 1. The summed E-state index contributed by atoms with van der Waals surface area (Å²) in [5.74, 6) is -2.14. The summed E-state index contributed by atoms with van der Waals surface area (Å²) < 4.78 is 32.0. The first-order valence-electron chi connectivity index (χ1n) is 5.85. The average Bonchev–Trinajstić information content (AvgIpc) is 2.40. The maximum Gasteiger partial charge on any atom is 0.206 e. The van der Waals surface area contributed by atoms with Gasteiger partial charge in [-0.2, -0.15) is 0 Å². The molecule has 0 atom stereocenters. The Kier molecular flexibility index (Phi) is 4.35. The first kappa shape index (κ1) is 14.5. The van der Waals surface area contributed by atoms with Crippen molar-refractivity contribution in [2.75, 3.05) is 6.61 Å². The van der Waals surface area contributed by atoms with Gasteiger partial charge in [-0.05, 0) is 42.8 Å². The predicted molar refractivity (Wildman–Crippen MR) is 72.4 cm³/mol. The van der Waals surface area contributed by atoms with E-state index < -0.39 is 29.6 Å². The second kappa shape index (κ2) is 6.01. The van der Waals surface area contributed by atoms with E-state index in [0.717, 1.165) is 17.7 Å². The largest absolute Gasteiger partial charge is 0.485 e. The number of rotatable bonds is 4. The van der Waals surface area contributed by atoms with Gasteiger partial charge in [0.05, 0.1) is 5.56 Å². The minimum Gasteiger partial charge on any atom is -0.485 e. The van der Waals surface area contributed by atoms with Gasteiger partial charge in [0.25, 0.3) is 0 Å². The van der Waals surface area contributed by atoms with Gasteiger partial charge in [0.1, 0.15) is 17.4 Å². The molecule has 0 spiro atoms. The van der Waals surface area contributed by atoms with Crippen LogP contribution in [0.1, 0.15) is 15.9 Å². The van der Waals surface area contributed by atoms with Crippen molar-refractivity contribution in [3.05, 3.63) is 64.2 Å². The zero-order valence-electron chi connectivity index (χ0n) is 10.6. The van der Waals surface area contributed by atoms with Gasteiger partial charge in [-0.25, -0.2) is 8.78 Å². The van der Waals surface area contributed by atoms with E-state index in [1.54, 1.807) is 25.1 Å². The van der Waals surface area contributed by atoms with Crippen LogP contribution in [0.25, 0.3) is 0 Å². The summed E-state index contributed by atoms with van der Waals surface area (Å²) in [4.78, 5) is 11.8. The van der Waals surface area contributed by atoms with Crippen LogP contribution in [0.2, 0.25) is 5.02 Å². The maximum atomic E-state index is 13.4. The highest BCUT2D eigenvalue weighted by Gasteiger charge is 2.17. The van der Waals surface area contributed by atoms with E-state index in [9.17, 15) is 13.6 Å². The van der Waals surface area contributed by atoms with Gasteiger partial charge in [-0.15, -0.1) is 0 Å². The Labute approximate surface area is 119 Å². The molecule has 0 aromatic heterocycles. The Balaban J connectivity index is 2.11. The lowest BCUT2D eigenvalue weighted by Crippen LogP contribution is -2.15. The van der Waals surface area contributed by atoms with E-state index >= 15 is 0 Å². The third kappa shape index (κ3) is 3.14.